The first-order valence-electron chi connectivity index (χ1n) is 7.12. The molecule has 21 heavy (non-hydrogen) atoms. The van der Waals surface area contributed by atoms with Crippen LogP contribution in [0, 0.1) is 0 Å². The predicted octanol–water partition coefficient (Wildman–Crippen LogP) is 0.727. The molecule has 2 aromatic rings. The lowest BCUT2D eigenvalue weighted by Gasteiger charge is -2.31. The Morgan fingerprint density at radius 3 is 2.86 bits per heavy atom. The number of furan rings is 1. The standard InChI is InChI=1S/C15H18N2O3S/c18-15(13-3-1-7-20-13)16-11-12(14-4-2-10-21-14)17-5-8-19-9-6-17/h1-4,7,10,12H,5-6,8-9,11H2,(H,16,18)/p+1/t12-/m1/s1. The van der Waals surface area contributed by atoms with E-state index < -0.39 is 0 Å². The molecule has 2 N–H and O–H groups in total. The Morgan fingerprint density at radius 2 is 2.19 bits per heavy atom. The van der Waals surface area contributed by atoms with E-state index in [9.17, 15) is 4.79 Å². The van der Waals surface area contributed by atoms with Crippen molar-refractivity contribution in [2.24, 2.45) is 0 Å². The van der Waals surface area contributed by atoms with Crippen molar-refractivity contribution in [2.75, 3.05) is 32.8 Å². The van der Waals surface area contributed by atoms with Gasteiger partial charge in [-0.3, -0.25) is 4.79 Å². The average Bonchev–Trinajstić information content (AvgIpc) is 3.22. The summed E-state index contributed by atoms with van der Waals surface area (Å²) in [4.78, 5) is 14.8. The Morgan fingerprint density at radius 1 is 1.33 bits per heavy atom. The fourth-order valence-corrected chi connectivity index (χ4v) is 3.49. The van der Waals surface area contributed by atoms with Crippen LogP contribution in [0.5, 0.6) is 0 Å². The summed E-state index contributed by atoms with van der Waals surface area (Å²) in [6, 6.07) is 7.86. The van der Waals surface area contributed by atoms with Crippen LogP contribution in [0.15, 0.2) is 40.3 Å². The molecule has 0 unspecified atom stereocenters. The van der Waals surface area contributed by atoms with Gasteiger partial charge in [-0.25, -0.2) is 0 Å². The van der Waals surface area contributed by atoms with Crippen LogP contribution in [0.3, 0.4) is 0 Å². The van der Waals surface area contributed by atoms with Gasteiger partial charge in [0.25, 0.3) is 5.91 Å². The van der Waals surface area contributed by atoms with Gasteiger partial charge in [-0.05, 0) is 23.6 Å². The number of hydrogen-bond donors (Lipinski definition) is 2. The molecular formula is C15H19N2O3S+. The summed E-state index contributed by atoms with van der Waals surface area (Å²) < 4.78 is 10.6. The van der Waals surface area contributed by atoms with Crippen LogP contribution in [0.1, 0.15) is 21.5 Å². The highest BCUT2D eigenvalue weighted by Gasteiger charge is 2.27. The molecule has 1 saturated heterocycles. The van der Waals surface area contributed by atoms with Crippen molar-refractivity contribution in [1.82, 2.24) is 5.32 Å². The van der Waals surface area contributed by atoms with Gasteiger partial charge in [-0.1, -0.05) is 6.07 Å². The third-order valence-electron chi connectivity index (χ3n) is 3.73. The Kier molecular flexibility index (Phi) is 4.69. The topological polar surface area (TPSA) is 55.9 Å². The molecule has 0 saturated carbocycles. The van der Waals surface area contributed by atoms with E-state index in [1.165, 1.54) is 16.0 Å². The molecule has 1 aliphatic rings. The Labute approximate surface area is 127 Å². The van der Waals surface area contributed by atoms with Gasteiger partial charge in [0.1, 0.15) is 19.1 Å². The third-order valence-corrected chi connectivity index (χ3v) is 4.71. The maximum atomic E-state index is 12.0. The lowest BCUT2D eigenvalue weighted by Crippen LogP contribution is -3.15. The van der Waals surface area contributed by atoms with Crippen LogP contribution < -0.4 is 10.2 Å². The lowest BCUT2D eigenvalue weighted by atomic mass is 10.2. The monoisotopic (exact) mass is 307 g/mol. The Balaban J connectivity index is 1.66. The van der Waals surface area contributed by atoms with Crippen molar-refractivity contribution in [3.05, 3.63) is 46.5 Å². The number of nitrogens with one attached hydrogen (secondary N) is 2. The molecule has 112 valence electrons. The lowest BCUT2D eigenvalue weighted by molar-refractivity contribution is -0.937. The fraction of sp³-hybridized carbons (Fsp3) is 0.400. The number of carbonyl (C=O) groups is 1. The predicted molar refractivity (Wildman–Crippen MR) is 79.6 cm³/mol. The fourth-order valence-electron chi connectivity index (χ4n) is 2.61. The molecule has 0 bridgehead atoms. The molecule has 0 aliphatic carbocycles. The molecule has 3 rings (SSSR count). The maximum Gasteiger partial charge on any atom is 0.287 e. The molecule has 1 aliphatic heterocycles. The SMILES string of the molecule is O=C(NC[C@H](c1cccs1)[NH+]1CCOCC1)c1ccco1. The maximum absolute atomic E-state index is 12.0. The van der Waals surface area contributed by atoms with Crippen LogP contribution in [0.2, 0.25) is 0 Å². The van der Waals surface area contributed by atoms with E-state index in [-0.39, 0.29) is 11.9 Å². The van der Waals surface area contributed by atoms with Gasteiger partial charge in [0.15, 0.2) is 5.76 Å². The van der Waals surface area contributed by atoms with Crippen LogP contribution in [-0.4, -0.2) is 38.8 Å². The van der Waals surface area contributed by atoms with Gasteiger partial charge < -0.3 is 19.4 Å². The van der Waals surface area contributed by atoms with E-state index in [0.29, 0.717) is 12.3 Å². The number of carbonyl (C=O) groups excluding carboxylic acids is 1. The summed E-state index contributed by atoms with van der Waals surface area (Å²) in [5.41, 5.74) is 0. The highest BCUT2D eigenvalue weighted by molar-refractivity contribution is 7.10. The quantitative estimate of drug-likeness (QED) is 0.856. The normalized spacial score (nSPS) is 17.5. The smallest absolute Gasteiger partial charge is 0.287 e. The molecule has 0 radical (unpaired) electrons. The van der Waals surface area contributed by atoms with Gasteiger partial charge in [0.2, 0.25) is 0 Å². The molecule has 1 atom stereocenters. The summed E-state index contributed by atoms with van der Waals surface area (Å²) in [6.07, 6.45) is 1.51. The number of morpholine rings is 1. The van der Waals surface area contributed by atoms with Crippen molar-refractivity contribution >= 4 is 17.2 Å². The van der Waals surface area contributed by atoms with E-state index >= 15 is 0 Å². The van der Waals surface area contributed by atoms with Gasteiger partial charge in [0, 0.05) is 0 Å². The second-order valence-electron chi connectivity index (χ2n) is 5.03. The van der Waals surface area contributed by atoms with Crippen molar-refractivity contribution in [3.8, 4) is 0 Å². The molecular weight excluding hydrogens is 288 g/mol. The van der Waals surface area contributed by atoms with Gasteiger partial charge in [0.05, 0.1) is 30.9 Å². The summed E-state index contributed by atoms with van der Waals surface area (Å²) in [5, 5.41) is 5.06. The number of thiophene rings is 1. The molecule has 2 aromatic heterocycles. The summed E-state index contributed by atoms with van der Waals surface area (Å²) in [5.74, 6) is 0.200. The average molecular weight is 307 g/mol. The second kappa shape index (κ2) is 6.89. The van der Waals surface area contributed by atoms with Crippen LogP contribution >= 0.6 is 11.3 Å². The van der Waals surface area contributed by atoms with Crippen LogP contribution in [0.4, 0.5) is 0 Å². The zero-order valence-corrected chi connectivity index (χ0v) is 12.5. The van der Waals surface area contributed by atoms with E-state index in [0.717, 1.165) is 26.3 Å². The first kappa shape index (κ1) is 14.3. The summed E-state index contributed by atoms with van der Waals surface area (Å²) in [6.45, 7) is 4.11. The van der Waals surface area contributed by atoms with E-state index in [2.05, 4.69) is 22.8 Å². The van der Waals surface area contributed by atoms with E-state index in [1.807, 2.05) is 0 Å². The summed E-state index contributed by atoms with van der Waals surface area (Å²) >= 11 is 1.74. The van der Waals surface area contributed by atoms with Gasteiger partial charge in [-0.15, -0.1) is 11.3 Å². The minimum Gasteiger partial charge on any atom is -0.459 e. The van der Waals surface area contributed by atoms with Crippen LogP contribution in [-0.2, 0) is 4.74 Å². The largest absolute Gasteiger partial charge is 0.459 e. The summed E-state index contributed by atoms with van der Waals surface area (Å²) in [7, 11) is 0. The minimum absolute atomic E-state index is 0.158. The first-order chi connectivity index (χ1) is 10.3. The molecule has 3 heterocycles. The van der Waals surface area contributed by atoms with Crippen molar-refractivity contribution in [1.29, 1.82) is 0 Å². The van der Waals surface area contributed by atoms with Crippen molar-refractivity contribution < 1.29 is 18.8 Å². The number of quaternary nitrogens is 1. The third kappa shape index (κ3) is 3.53. The number of amides is 1. The zero-order chi connectivity index (χ0) is 14.5. The molecule has 5 nitrogen and oxygen atoms in total. The van der Waals surface area contributed by atoms with Gasteiger partial charge >= 0.3 is 0 Å². The van der Waals surface area contributed by atoms with E-state index in [1.54, 1.807) is 23.5 Å². The van der Waals surface area contributed by atoms with Gasteiger partial charge in [-0.2, -0.15) is 0 Å². The molecule has 0 spiro atoms. The molecule has 6 heteroatoms. The second-order valence-corrected chi connectivity index (χ2v) is 6.01. The number of rotatable bonds is 5. The van der Waals surface area contributed by atoms with Crippen molar-refractivity contribution in [3.63, 3.8) is 0 Å². The minimum atomic E-state index is -0.158. The molecule has 1 amide bonds. The zero-order valence-electron chi connectivity index (χ0n) is 11.7. The molecule has 0 aromatic carbocycles. The number of hydrogen-bond acceptors (Lipinski definition) is 4. The number of ether oxygens (including phenoxy) is 1. The Hall–Kier alpha value is -1.63. The highest BCUT2D eigenvalue weighted by atomic mass is 32.1. The van der Waals surface area contributed by atoms with Crippen molar-refractivity contribution in [2.45, 2.75) is 6.04 Å². The molecule has 1 fully saturated rings. The Bertz CT molecular complexity index is 548. The van der Waals surface area contributed by atoms with E-state index in [4.69, 9.17) is 9.15 Å². The first-order valence-corrected chi connectivity index (χ1v) is 8.00. The van der Waals surface area contributed by atoms with Crippen LogP contribution in [0.25, 0.3) is 0 Å². The highest BCUT2D eigenvalue weighted by Crippen LogP contribution is 2.16.